The van der Waals surface area contributed by atoms with Crippen molar-refractivity contribution in [3.05, 3.63) is 30.1 Å². The molecule has 1 saturated heterocycles. The van der Waals surface area contributed by atoms with Crippen molar-refractivity contribution >= 4 is 5.91 Å². The van der Waals surface area contributed by atoms with Crippen LogP contribution in [-0.2, 0) is 11.2 Å². The van der Waals surface area contributed by atoms with Crippen LogP contribution in [0, 0.1) is 11.8 Å². The van der Waals surface area contributed by atoms with Crippen LogP contribution in [0.3, 0.4) is 0 Å². The largest absolute Gasteiger partial charge is 0.393 e. The Morgan fingerprint density at radius 3 is 2.62 bits per heavy atom. The molecule has 0 bridgehead atoms. The van der Waals surface area contributed by atoms with Crippen molar-refractivity contribution in [3.63, 3.8) is 0 Å². The molecule has 2 fully saturated rings. The Balaban J connectivity index is 1.59. The maximum atomic E-state index is 12.6. The Hall–Kier alpha value is -1.50. The molecule has 0 aromatic carbocycles. The van der Waals surface area contributed by atoms with Gasteiger partial charge in [0.05, 0.1) is 6.10 Å². The van der Waals surface area contributed by atoms with Gasteiger partial charge in [0.15, 0.2) is 0 Å². The fraction of sp³-hybridized carbons (Fsp3) is 0.667. The molecule has 1 aromatic heterocycles. The van der Waals surface area contributed by atoms with E-state index >= 15 is 0 Å². The highest BCUT2D eigenvalue weighted by Gasteiger charge is 2.36. The van der Waals surface area contributed by atoms with Gasteiger partial charge in [-0.1, -0.05) is 6.07 Å². The predicted octanol–water partition coefficient (Wildman–Crippen LogP) is 0.771. The first-order valence-electron chi connectivity index (χ1n) is 8.91. The molecular weight excluding hydrogens is 304 g/mol. The minimum Gasteiger partial charge on any atom is -0.393 e. The number of aromatic nitrogens is 1. The van der Waals surface area contributed by atoms with Gasteiger partial charge in [-0.3, -0.25) is 20.6 Å². The minimum atomic E-state index is -0.221. The average Bonchev–Trinajstić information content (AvgIpc) is 2.84. The first kappa shape index (κ1) is 17.3. The van der Waals surface area contributed by atoms with Gasteiger partial charge in [0, 0.05) is 48.8 Å². The molecule has 4 N–H and O–H groups in total. The molecule has 2 heterocycles. The smallest absolute Gasteiger partial charge is 0.220 e. The number of hydrazine groups is 1. The Morgan fingerprint density at radius 1 is 1.33 bits per heavy atom. The molecule has 1 aliphatic carbocycles. The van der Waals surface area contributed by atoms with Crippen molar-refractivity contribution in [1.29, 1.82) is 0 Å². The van der Waals surface area contributed by atoms with Crippen LogP contribution in [0.4, 0.5) is 0 Å². The second-order valence-corrected chi connectivity index (χ2v) is 7.32. The number of aliphatic hydroxyl groups excluding tert-OH is 1. The van der Waals surface area contributed by atoms with E-state index < -0.39 is 0 Å². The highest BCUT2D eigenvalue weighted by molar-refractivity contribution is 5.76. The maximum Gasteiger partial charge on any atom is 0.220 e. The fourth-order valence-electron chi connectivity index (χ4n) is 3.78. The normalized spacial score (nSPS) is 33.7. The number of nitrogens with one attached hydrogen (secondary N) is 3. The molecule has 0 spiro atoms. The van der Waals surface area contributed by atoms with Crippen LogP contribution in [0.15, 0.2) is 24.4 Å². The third kappa shape index (κ3) is 4.12. The molecule has 2 aliphatic rings. The number of carbonyl (C=O) groups is 1. The van der Waals surface area contributed by atoms with Crippen molar-refractivity contribution in [2.75, 3.05) is 0 Å². The van der Waals surface area contributed by atoms with Crippen molar-refractivity contribution in [3.8, 4) is 0 Å². The van der Waals surface area contributed by atoms with Gasteiger partial charge in [-0.2, -0.15) is 0 Å². The van der Waals surface area contributed by atoms with Gasteiger partial charge in [0.2, 0.25) is 5.91 Å². The number of rotatable bonds is 6. The monoisotopic (exact) mass is 332 g/mol. The van der Waals surface area contributed by atoms with Crippen LogP contribution in [0.25, 0.3) is 0 Å². The number of pyridine rings is 1. The predicted molar refractivity (Wildman–Crippen MR) is 91.9 cm³/mol. The molecule has 1 aromatic rings. The van der Waals surface area contributed by atoms with Crippen molar-refractivity contribution in [1.82, 2.24) is 21.2 Å². The third-order valence-corrected chi connectivity index (χ3v) is 5.46. The standard InChI is InChI=1S/C18H28N4O2/c1-11-16(12(2)22-21-11)10-18(24)20-17(13-7-15(23)8-13)9-14-5-3-4-6-19-14/h3-6,11-13,15-17,21-23H,7-10H2,1-2H3,(H,20,24). The molecule has 0 radical (unpaired) electrons. The molecule has 3 unspecified atom stereocenters. The zero-order chi connectivity index (χ0) is 17.1. The Morgan fingerprint density at radius 2 is 2.04 bits per heavy atom. The molecular formula is C18H28N4O2. The Bertz CT molecular complexity index is 537. The number of nitrogens with zero attached hydrogens (tertiary/aromatic N) is 1. The van der Waals surface area contributed by atoms with Crippen LogP contribution in [0.5, 0.6) is 0 Å². The SMILES string of the molecule is CC1NNC(C)C1CC(=O)NC(Cc1ccccn1)C1CC(O)C1. The lowest BCUT2D eigenvalue weighted by atomic mass is 9.75. The molecule has 1 aliphatic heterocycles. The fourth-order valence-corrected chi connectivity index (χ4v) is 3.78. The summed E-state index contributed by atoms with van der Waals surface area (Å²) in [5.41, 5.74) is 7.37. The molecule has 6 nitrogen and oxygen atoms in total. The third-order valence-electron chi connectivity index (χ3n) is 5.46. The first-order valence-corrected chi connectivity index (χ1v) is 8.91. The van der Waals surface area contributed by atoms with E-state index in [1.165, 1.54) is 0 Å². The molecule has 3 atom stereocenters. The molecule has 6 heteroatoms. The number of hydrogen-bond donors (Lipinski definition) is 4. The van der Waals surface area contributed by atoms with Crippen molar-refractivity contribution in [2.45, 2.75) is 63.8 Å². The van der Waals surface area contributed by atoms with Gasteiger partial charge in [-0.05, 0) is 44.7 Å². The summed E-state index contributed by atoms with van der Waals surface area (Å²) >= 11 is 0. The first-order chi connectivity index (χ1) is 11.5. The van der Waals surface area contributed by atoms with Gasteiger partial charge in [-0.15, -0.1) is 0 Å². The average molecular weight is 332 g/mol. The van der Waals surface area contributed by atoms with E-state index in [0.29, 0.717) is 12.3 Å². The topological polar surface area (TPSA) is 86.3 Å². The summed E-state index contributed by atoms with van der Waals surface area (Å²) in [5.74, 6) is 0.708. The lowest BCUT2D eigenvalue weighted by molar-refractivity contribution is -0.124. The van der Waals surface area contributed by atoms with E-state index in [4.69, 9.17) is 0 Å². The van der Waals surface area contributed by atoms with Crippen LogP contribution in [-0.4, -0.2) is 40.2 Å². The highest BCUT2D eigenvalue weighted by Crippen LogP contribution is 2.31. The van der Waals surface area contributed by atoms with Crippen LogP contribution in [0.2, 0.25) is 0 Å². The van der Waals surface area contributed by atoms with Gasteiger partial charge in [0.1, 0.15) is 0 Å². The van der Waals surface area contributed by atoms with Crippen LogP contribution in [0.1, 0.15) is 38.8 Å². The van der Waals surface area contributed by atoms with Gasteiger partial charge in [-0.25, -0.2) is 0 Å². The molecule has 3 rings (SSSR count). The van der Waals surface area contributed by atoms with Crippen molar-refractivity contribution in [2.24, 2.45) is 11.8 Å². The number of hydrogen-bond acceptors (Lipinski definition) is 5. The Labute approximate surface area is 143 Å². The molecule has 24 heavy (non-hydrogen) atoms. The van der Waals surface area contributed by atoms with E-state index in [-0.39, 0.29) is 36.1 Å². The van der Waals surface area contributed by atoms with Gasteiger partial charge < -0.3 is 10.4 Å². The summed E-state index contributed by atoms with van der Waals surface area (Å²) in [5, 5.41) is 12.8. The second kappa shape index (κ2) is 7.59. The number of aliphatic hydroxyl groups is 1. The summed E-state index contributed by atoms with van der Waals surface area (Å²) in [6.07, 6.45) is 4.31. The summed E-state index contributed by atoms with van der Waals surface area (Å²) in [6.45, 7) is 4.20. The molecule has 1 saturated carbocycles. The lowest BCUT2D eigenvalue weighted by Crippen LogP contribution is -2.49. The van der Waals surface area contributed by atoms with E-state index in [0.717, 1.165) is 25.0 Å². The zero-order valence-corrected chi connectivity index (χ0v) is 14.4. The van der Waals surface area contributed by atoms with Gasteiger partial charge in [0.25, 0.3) is 0 Å². The maximum absolute atomic E-state index is 12.6. The number of amides is 1. The van der Waals surface area contributed by atoms with Crippen molar-refractivity contribution < 1.29 is 9.90 Å². The minimum absolute atomic E-state index is 0.0451. The van der Waals surface area contributed by atoms with E-state index in [1.54, 1.807) is 6.20 Å². The second-order valence-electron chi connectivity index (χ2n) is 7.32. The van der Waals surface area contributed by atoms with E-state index in [2.05, 4.69) is 35.0 Å². The summed E-state index contributed by atoms with van der Waals surface area (Å²) in [7, 11) is 0. The van der Waals surface area contributed by atoms with Gasteiger partial charge >= 0.3 is 0 Å². The summed E-state index contributed by atoms with van der Waals surface area (Å²) in [6, 6.07) is 6.46. The summed E-state index contributed by atoms with van der Waals surface area (Å²) in [4.78, 5) is 16.9. The molecule has 1 amide bonds. The lowest BCUT2D eigenvalue weighted by Gasteiger charge is -2.38. The van der Waals surface area contributed by atoms with E-state index in [1.807, 2.05) is 18.2 Å². The Kier molecular flexibility index (Phi) is 5.48. The van der Waals surface area contributed by atoms with E-state index in [9.17, 15) is 9.90 Å². The van der Waals surface area contributed by atoms with Crippen LogP contribution < -0.4 is 16.2 Å². The quantitative estimate of drug-likeness (QED) is 0.618. The zero-order valence-electron chi connectivity index (χ0n) is 14.4. The number of carbonyl (C=O) groups excluding carboxylic acids is 1. The molecule has 132 valence electrons. The highest BCUT2D eigenvalue weighted by atomic mass is 16.3. The van der Waals surface area contributed by atoms with Crippen LogP contribution >= 0.6 is 0 Å². The summed E-state index contributed by atoms with van der Waals surface area (Å²) < 4.78 is 0.